The third-order valence-electron chi connectivity index (χ3n) is 5.38. The highest BCUT2D eigenvalue weighted by Gasteiger charge is 2.25. The molecular weight excluding hydrogens is 400 g/mol. The lowest BCUT2D eigenvalue weighted by atomic mass is 9.95. The first-order valence-corrected chi connectivity index (χ1v) is 10.4. The van der Waals surface area contributed by atoms with Crippen LogP contribution in [0.2, 0.25) is 0 Å². The third-order valence-corrected chi connectivity index (χ3v) is 5.38. The first-order valence-electron chi connectivity index (χ1n) is 10.4. The standard InChI is InChI=1S/C22H30N4O5/c1-4-18-14-31-8-7-26(18)20-6-5-15(16(13-29-2)10-21(27)28)9-19(20)25-17-11-23-22(30-3)24-12-17/h5-6,9,11-12,16,18,25H,4,7-8,10,13-14H2,1-3H3,(H,27,28)/t16-,18?/m1/s1. The van der Waals surface area contributed by atoms with Gasteiger partial charge in [-0.05, 0) is 24.1 Å². The maximum absolute atomic E-state index is 11.4. The summed E-state index contributed by atoms with van der Waals surface area (Å²) in [4.78, 5) is 22.0. The van der Waals surface area contributed by atoms with E-state index in [2.05, 4.69) is 27.1 Å². The van der Waals surface area contributed by atoms with Crippen LogP contribution in [0.4, 0.5) is 17.1 Å². The molecule has 2 aromatic rings. The summed E-state index contributed by atoms with van der Waals surface area (Å²) in [5.41, 5.74) is 3.49. The van der Waals surface area contributed by atoms with Crippen LogP contribution in [0.1, 0.15) is 31.2 Å². The molecule has 1 saturated heterocycles. The van der Waals surface area contributed by atoms with E-state index in [9.17, 15) is 9.90 Å². The van der Waals surface area contributed by atoms with Crippen molar-refractivity contribution in [2.75, 3.05) is 50.8 Å². The highest BCUT2D eigenvalue weighted by atomic mass is 16.5. The fourth-order valence-corrected chi connectivity index (χ4v) is 3.79. The Morgan fingerprint density at radius 2 is 2.13 bits per heavy atom. The Labute approximate surface area is 182 Å². The van der Waals surface area contributed by atoms with Crippen molar-refractivity contribution in [3.05, 3.63) is 36.2 Å². The van der Waals surface area contributed by atoms with Crippen LogP contribution in [0, 0.1) is 0 Å². The molecule has 168 valence electrons. The van der Waals surface area contributed by atoms with E-state index < -0.39 is 5.97 Å². The summed E-state index contributed by atoms with van der Waals surface area (Å²) in [7, 11) is 3.10. The third kappa shape index (κ3) is 5.83. The quantitative estimate of drug-likeness (QED) is 0.588. The zero-order valence-corrected chi connectivity index (χ0v) is 18.2. The number of carbonyl (C=O) groups is 1. The van der Waals surface area contributed by atoms with Crippen LogP contribution in [0.25, 0.3) is 0 Å². The summed E-state index contributed by atoms with van der Waals surface area (Å²) >= 11 is 0. The van der Waals surface area contributed by atoms with Gasteiger partial charge < -0.3 is 29.5 Å². The molecule has 0 spiro atoms. The van der Waals surface area contributed by atoms with Crippen molar-refractivity contribution < 1.29 is 24.1 Å². The Morgan fingerprint density at radius 3 is 2.77 bits per heavy atom. The molecule has 2 atom stereocenters. The number of carboxylic acids is 1. The number of morpholine rings is 1. The van der Waals surface area contributed by atoms with Gasteiger partial charge in [0.25, 0.3) is 0 Å². The molecule has 1 aromatic heterocycles. The minimum atomic E-state index is -0.858. The molecule has 31 heavy (non-hydrogen) atoms. The fraction of sp³-hybridized carbons (Fsp3) is 0.500. The van der Waals surface area contributed by atoms with Gasteiger partial charge in [-0.25, -0.2) is 9.97 Å². The number of methoxy groups -OCH3 is 2. The Morgan fingerprint density at radius 1 is 1.35 bits per heavy atom. The molecule has 2 N–H and O–H groups in total. The zero-order chi connectivity index (χ0) is 22.2. The molecular formula is C22H30N4O5. The number of aliphatic carboxylic acids is 1. The SMILES string of the molecule is CCC1COCCN1c1ccc([C@@H](COC)CC(=O)O)cc1Nc1cnc(OC)nc1. The number of carboxylic acid groups (broad SMARTS) is 1. The first-order chi connectivity index (χ1) is 15.0. The van der Waals surface area contributed by atoms with Crippen molar-refractivity contribution in [1.82, 2.24) is 9.97 Å². The summed E-state index contributed by atoms with van der Waals surface area (Å²) < 4.78 is 16.0. The molecule has 1 unspecified atom stereocenters. The van der Waals surface area contributed by atoms with Gasteiger partial charge in [-0.15, -0.1) is 0 Å². The zero-order valence-electron chi connectivity index (χ0n) is 18.2. The summed E-state index contributed by atoms with van der Waals surface area (Å²) in [6.07, 6.45) is 4.26. The van der Waals surface area contributed by atoms with E-state index in [1.165, 1.54) is 7.11 Å². The van der Waals surface area contributed by atoms with Crippen LogP contribution in [0.5, 0.6) is 6.01 Å². The van der Waals surface area contributed by atoms with Crippen LogP contribution in [0.3, 0.4) is 0 Å². The van der Waals surface area contributed by atoms with Gasteiger partial charge in [0.1, 0.15) is 0 Å². The second kappa shape index (κ2) is 10.9. The summed E-state index contributed by atoms with van der Waals surface area (Å²) in [6, 6.07) is 6.58. The lowest BCUT2D eigenvalue weighted by molar-refractivity contribution is -0.137. The summed E-state index contributed by atoms with van der Waals surface area (Å²) in [6.45, 7) is 4.59. The van der Waals surface area contributed by atoms with Crippen LogP contribution < -0.4 is 15.0 Å². The van der Waals surface area contributed by atoms with Gasteiger partial charge in [0, 0.05) is 19.6 Å². The highest BCUT2D eigenvalue weighted by Crippen LogP contribution is 2.35. The largest absolute Gasteiger partial charge is 0.481 e. The van der Waals surface area contributed by atoms with Crippen molar-refractivity contribution >= 4 is 23.0 Å². The molecule has 9 nitrogen and oxygen atoms in total. The average molecular weight is 431 g/mol. The molecule has 0 saturated carbocycles. The van der Waals surface area contributed by atoms with E-state index in [1.54, 1.807) is 19.5 Å². The second-order valence-corrected chi connectivity index (χ2v) is 7.44. The Hall–Kier alpha value is -2.91. The first kappa shape index (κ1) is 22.8. The molecule has 0 radical (unpaired) electrons. The number of anilines is 3. The van der Waals surface area contributed by atoms with Gasteiger partial charge in [-0.3, -0.25) is 4.79 Å². The molecule has 0 amide bonds. The van der Waals surface area contributed by atoms with Gasteiger partial charge in [-0.1, -0.05) is 13.0 Å². The van der Waals surface area contributed by atoms with Gasteiger partial charge >= 0.3 is 12.0 Å². The molecule has 0 aliphatic carbocycles. The topological polar surface area (TPSA) is 106 Å². The van der Waals surface area contributed by atoms with Crippen LogP contribution in [0.15, 0.2) is 30.6 Å². The summed E-state index contributed by atoms with van der Waals surface area (Å²) in [5, 5.41) is 12.7. The predicted molar refractivity (Wildman–Crippen MR) is 117 cm³/mol. The van der Waals surface area contributed by atoms with Crippen LogP contribution in [-0.2, 0) is 14.3 Å². The van der Waals surface area contributed by atoms with E-state index >= 15 is 0 Å². The lowest BCUT2D eigenvalue weighted by Gasteiger charge is -2.38. The van der Waals surface area contributed by atoms with Gasteiger partial charge in [0.2, 0.25) is 0 Å². The van der Waals surface area contributed by atoms with Gasteiger partial charge in [0.05, 0.1) is 68.8 Å². The van der Waals surface area contributed by atoms with E-state index in [4.69, 9.17) is 14.2 Å². The molecule has 1 aliphatic heterocycles. The predicted octanol–water partition coefficient (Wildman–Crippen LogP) is 3.05. The molecule has 0 bridgehead atoms. The fourth-order valence-electron chi connectivity index (χ4n) is 3.79. The number of aromatic nitrogens is 2. The minimum absolute atomic E-state index is 0.00653. The normalized spacial score (nSPS) is 17.3. The minimum Gasteiger partial charge on any atom is -0.481 e. The number of nitrogens with one attached hydrogen (secondary N) is 1. The molecule has 9 heteroatoms. The number of hydrogen-bond donors (Lipinski definition) is 2. The Kier molecular flexibility index (Phi) is 8.02. The van der Waals surface area contributed by atoms with E-state index in [-0.39, 0.29) is 18.4 Å². The smallest absolute Gasteiger partial charge is 0.316 e. The van der Waals surface area contributed by atoms with Gasteiger partial charge in [0.15, 0.2) is 0 Å². The second-order valence-electron chi connectivity index (χ2n) is 7.44. The number of ether oxygens (including phenoxy) is 3. The van der Waals surface area contributed by atoms with Gasteiger partial charge in [-0.2, -0.15) is 0 Å². The monoisotopic (exact) mass is 430 g/mol. The average Bonchev–Trinajstić information content (AvgIpc) is 2.79. The van der Waals surface area contributed by atoms with E-state index in [0.29, 0.717) is 31.5 Å². The van der Waals surface area contributed by atoms with Crippen molar-refractivity contribution in [3.8, 4) is 6.01 Å². The van der Waals surface area contributed by atoms with E-state index in [0.717, 1.165) is 29.9 Å². The Bertz CT molecular complexity index is 861. The molecule has 2 heterocycles. The van der Waals surface area contributed by atoms with Crippen LogP contribution in [-0.4, -0.2) is 67.7 Å². The van der Waals surface area contributed by atoms with E-state index in [1.807, 2.05) is 18.2 Å². The van der Waals surface area contributed by atoms with Crippen molar-refractivity contribution in [1.29, 1.82) is 0 Å². The maximum atomic E-state index is 11.4. The molecule has 1 aliphatic rings. The lowest BCUT2D eigenvalue weighted by Crippen LogP contribution is -2.45. The maximum Gasteiger partial charge on any atom is 0.316 e. The van der Waals surface area contributed by atoms with Crippen molar-refractivity contribution in [3.63, 3.8) is 0 Å². The number of rotatable bonds is 10. The van der Waals surface area contributed by atoms with Crippen LogP contribution >= 0.6 is 0 Å². The summed E-state index contributed by atoms with van der Waals surface area (Å²) in [5.74, 6) is -1.11. The Balaban J connectivity index is 1.99. The van der Waals surface area contributed by atoms with Crippen molar-refractivity contribution in [2.24, 2.45) is 0 Å². The number of nitrogens with zero attached hydrogens (tertiary/aromatic N) is 3. The molecule has 1 fully saturated rings. The number of hydrogen-bond acceptors (Lipinski definition) is 8. The number of benzene rings is 1. The highest BCUT2D eigenvalue weighted by molar-refractivity contribution is 5.77. The van der Waals surface area contributed by atoms with Crippen molar-refractivity contribution in [2.45, 2.75) is 31.7 Å². The molecule has 1 aromatic carbocycles. The molecule has 3 rings (SSSR count).